The monoisotopic (exact) mass is 292 g/mol. The van der Waals surface area contributed by atoms with Gasteiger partial charge in [0.05, 0.1) is 11.0 Å². The summed E-state index contributed by atoms with van der Waals surface area (Å²) in [6.45, 7) is 5.36. The van der Waals surface area contributed by atoms with Crippen molar-refractivity contribution in [2.45, 2.75) is 32.8 Å². The summed E-state index contributed by atoms with van der Waals surface area (Å²) in [4.78, 5) is 24.8. The van der Waals surface area contributed by atoms with Crippen LogP contribution in [0.3, 0.4) is 0 Å². The first-order valence-corrected chi connectivity index (χ1v) is 7.19. The minimum atomic E-state index is -0.456. The number of nitro groups is 1. The Bertz CT molecular complexity index is 538. The fraction of sp³-hybridized carbons (Fsp3) is 0.533. The van der Waals surface area contributed by atoms with E-state index in [2.05, 4.69) is 0 Å². The minimum Gasteiger partial charge on any atom is -0.376 e. The normalized spacial score (nSPS) is 17.7. The van der Waals surface area contributed by atoms with Crippen LogP contribution in [0.4, 0.5) is 5.69 Å². The predicted molar refractivity (Wildman–Crippen MR) is 78.4 cm³/mol. The molecule has 0 bridgehead atoms. The standard InChI is InChI=1S/C15H20N2O4/c1-3-16(10-12-6-5-9-21-12)15(18)13-7-4-8-14(11(13)2)17(19)20/h4,7-8,12H,3,5-6,9-10H2,1-2H3. The van der Waals surface area contributed by atoms with Crippen LogP contribution in [0.1, 0.15) is 35.7 Å². The summed E-state index contributed by atoms with van der Waals surface area (Å²) in [5, 5.41) is 11.0. The van der Waals surface area contributed by atoms with Gasteiger partial charge < -0.3 is 9.64 Å². The van der Waals surface area contributed by atoms with Gasteiger partial charge in [0.25, 0.3) is 11.6 Å². The largest absolute Gasteiger partial charge is 0.376 e. The lowest BCUT2D eigenvalue weighted by atomic mass is 10.1. The summed E-state index contributed by atoms with van der Waals surface area (Å²) in [6, 6.07) is 4.61. The topological polar surface area (TPSA) is 72.7 Å². The van der Waals surface area contributed by atoms with E-state index in [4.69, 9.17) is 4.74 Å². The van der Waals surface area contributed by atoms with Crippen molar-refractivity contribution < 1.29 is 14.5 Å². The molecule has 1 amide bonds. The average Bonchev–Trinajstić information content (AvgIpc) is 2.97. The Balaban J connectivity index is 2.20. The van der Waals surface area contributed by atoms with E-state index < -0.39 is 4.92 Å². The Morgan fingerprint density at radius 2 is 2.29 bits per heavy atom. The molecule has 6 heteroatoms. The molecule has 1 aromatic rings. The van der Waals surface area contributed by atoms with E-state index in [0.29, 0.717) is 24.2 Å². The molecule has 2 rings (SSSR count). The van der Waals surface area contributed by atoms with Crippen molar-refractivity contribution in [3.63, 3.8) is 0 Å². The second-order valence-electron chi connectivity index (χ2n) is 5.19. The zero-order valence-corrected chi connectivity index (χ0v) is 12.4. The van der Waals surface area contributed by atoms with Crippen LogP contribution in [-0.4, -0.2) is 41.5 Å². The maximum absolute atomic E-state index is 12.6. The molecule has 0 spiro atoms. The highest BCUT2D eigenvalue weighted by atomic mass is 16.6. The van der Waals surface area contributed by atoms with Crippen molar-refractivity contribution in [2.24, 2.45) is 0 Å². The van der Waals surface area contributed by atoms with E-state index in [-0.39, 0.29) is 17.7 Å². The van der Waals surface area contributed by atoms with Gasteiger partial charge in [0, 0.05) is 36.9 Å². The quantitative estimate of drug-likeness (QED) is 0.617. The summed E-state index contributed by atoms with van der Waals surface area (Å²) in [5.41, 5.74) is 0.788. The van der Waals surface area contributed by atoms with Crippen molar-refractivity contribution in [2.75, 3.05) is 19.7 Å². The molecule has 1 atom stereocenters. The van der Waals surface area contributed by atoms with Gasteiger partial charge in [-0.15, -0.1) is 0 Å². The lowest BCUT2D eigenvalue weighted by molar-refractivity contribution is -0.385. The third-order valence-electron chi connectivity index (χ3n) is 3.85. The lowest BCUT2D eigenvalue weighted by Gasteiger charge is -2.24. The summed E-state index contributed by atoms with van der Waals surface area (Å²) >= 11 is 0. The van der Waals surface area contributed by atoms with Crippen molar-refractivity contribution >= 4 is 11.6 Å². The molecule has 6 nitrogen and oxygen atoms in total. The number of hydrogen-bond donors (Lipinski definition) is 0. The zero-order chi connectivity index (χ0) is 15.4. The summed E-state index contributed by atoms with van der Waals surface area (Å²) in [7, 11) is 0. The maximum atomic E-state index is 12.6. The average molecular weight is 292 g/mol. The highest BCUT2D eigenvalue weighted by Crippen LogP contribution is 2.23. The molecule has 1 fully saturated rings. The Labute approximate surface area is 123 Å². The minimum absolute atomic E-state index is 0.0194. The van der Waals surface area contributed by atoms with Crippen molar-refractivity contribution in [1.82, 2.24) is 4.90 Å². The number of benzene rings is 1. The first kappa shape index (κ1) is 15.4. The van der Waals surface area contributed by atoms with Crippen molar-refractivity contribution in [3.8, 4) is 0 Å². The van der Waals surface area contributed by atoms with E-state index in [0.717, 1.165) is 19.4 Å². The van der Waals surface area contributed by atoms with Gasteiger partial charge in [-0.25, -0.2) is 0 Å². The van der Waals surface area contributed by atoms with Gasteiger partial charge in [0.1, 0.15) is 0 Å². The summed E-state index contributed by atoms with van der Waals surface area (Å²) in [5.74, 6) is -0.172. The SMILES string of the molecule is CCN(CC1CCCO1)C(=O)c1cccc([N+](=O)[O-])c1C. The third-order valence-corrected chi connectivity index (χ3v) is 3.85. The van der Waals surface area contributed by atoms with Crippen LogP contribution < -0.4 is 0 Å². The molecule has 0 aromatic heterocycles. The second kappa shape index (κ2) is 6.67. The number of hydrogen-bond acceptors (Lipinski definition) is 4. The van der Waals surface area contributed by atoms with Gasteiger partial charge >= 0.3 is 0 Å². The molecule has 0 N–H and O–H groups in total. The van der Waals surface area contributed by atoms with Gasteiger partial charge in [-0.2, -0.15) is 0 Å². The van der Waals surface area contributed by atoms with E-state index in [1.807, 2.05) is 6.92 Å². The van der Waals surface area contributed by atoms with Crippen molar-refractivity contribution in [1.29, 1.82) is 0 Å². The molecule has 1 aliphatic heterocycles. The van der Waals surface area contributed by atoms with Crippen LogP contribution in [0.15, 0.2) is 18.2 Å². The Kier molecular flexibility index (Phi) is 4.90. The summed E-state index contributed by atoms with van der Waals surface area (Å²) in [6.07, 6.45) is 2.05. The zero-order valence-electron chi connectivity index (χ0n) is 12.4. The van der Waals surface area contributed by atoms with Crippen molar-refractivity contribution in [3.05, 3.63) is 39.4 Å². The number of likely N-dealkylation sites (N-methyl/N-ethyl adjacent to an activating group) is 1. The molecule has 1 aliphatic rings. The highest BCUT2D eigenvalue weighted by molar-refractivity contribution is 5.96. The number of carbonyl (C=O) groups is 1. The number of carbonyl (C=O) groups excluding carboxylic acids is 1. The van der Waals surface area contributed by atoms with Gasteiger partial charge in [0.2, 0.25) is 0 Å². The fourth-order valence-corrected chi connectivity index (χ4v) is 2.61. The van der Waals surface area contributed by atoms with E-state index >= 15 is 0 Å². The number of rotatable bonds is 5. The molecule has 0 aliphatic carbocycles. The number of ether oxygens (including phenoxy) is 1. The van der Waals surface area contributed by atoms with E-state index in [1.165, 1.54) is 6.07 Å². The Hall–Kier alpha value is -1.95. The van der Waals surface area contributed by atoms with Crippen LogP contribution in [0.25, 0.3) is 0 Å². The molecule has 0 radical (unpaired) electrons. The van der Waals surface area contributed by atoms with Crippen LogP contribution in [-0.2, 0) is 4.74 Å². The second-order valence-corrected chi connectivity index (χ2v) is 5.19. The molecule has 1 heterocycles. The Morgan fingerprint density at radius 3 is 2.86 bits per heavy atom. The number of amides is 1. The molecular weight excluding hydrogens is 272 g/mol. The first-order chi connectivity index (χ1) is 10.0. The summed E-state index contributed by atoms with van der Waals surface area (Å²) < 4.78 is 5.56. The van der Waals surface area contributed by atoms with Crippen LogP contribution in [0, 0.1) is 17.0 Å². The molecule has 1 aromatic carbocycles. The molecule has 1 saturated heterocycles. The molecular formula is C15H20N2O4. The maximum Gasteiger partial charge on any atom is 0.273 e. The van der Waals surface area contributed by atoms with E-state index in [9.17, 15) is 14.9 Å². The molecule has 21 heavy (non-hydrogen) atoms. The first-order valence-electron chi connectivity index (χ1n) is 7.19. The number of nitrogens with zero attached hydrogens (tertiary/aromatic N) is 2. The van der Waals surface area contributed by atoms with Gasteiger partial charge in [-0.05, 0) is 32.8 Å². The van der Waals surface area contributed by atoms with Crippen LogP contribution >= 0.6 is 0 Å². The van der Waals surface area contributed by atoms with Crippen LogP contribution in [0.5, 0.6) is 0 Å². The third kappa shape index (κ3) is 3.39. The smallest absolute Gasteiger partial charge is 0.273 e. The lowest BCUT2D eigenvalue weighted by Crippen LogP contribution is -2.37. The van der Waals surface area contributed by atoms with Gasteiger partial charge in [-0.1, -0.05) is 6.07 Å². The molecule has 0 saturated carbocycles. The van der Waals surface area contributed by atoms with Gasteiger partial charge in [0.15, 0.2) is 0 Å². The van der Waals surface area contributed by atoms with E-state index in [1.54, 1.807) is 24.0 Å². The highest BCUT2D eigenvalue weighted by Gasteiger charge is 2.25. The predicted octanol–water partition coefficient (Wildman–Crippen LogP) is 2.54. The number of nitro benzene ring substituents is 1. The molecule has 1 unspecified atom stereocenters. The Morgan fingerprint density at radius 1 is 1.52 bits per heavy atom. The molecule has 114 valence electrons. The van der Waals surface area contributed by atoms with Crippen LogP contribution in [0.2, 0.25) is 0 Å². The van der Waals surface area contributed by atoms with Gasteiger partial charge in [-0.3, -0.25) is 14.9 Å². The fourth-order valence-electron chi connectivity index (χ4n) is 2.61.